The maximum absolute atomic E-state index is 14.8. The predicted octanol–water partition coefficient (Wildman–Crippen LogP) is 4.50. The summed E-state index contributed by atoms with van der Waals surface area (Å²) >= 11 is 0. The molecule has 1 saturated carbocycles. The molecular weight excluding hydrogens is 355 g/mol. The van der Waals surface area contributed by atoms with Crippen molar-refractivity contribution in [2.45, 2.75) is 50.7 Å². The van der Waals surface area contributed by atoms with Crippen molar-refractivity contribution >= 4 is 17.3 Å². The van der Waals surface area contributed by atoms with Crippen molar-refractivity contribution in [1.29, 1.82) is 0 Å². The number of carbonyl (C=O) groups is 1. The molecule has 2 aromatic rings. The van der Waals surface area contributed by atoms with Crippen LogP contribution < -0.4 is 10.2 Å². The van der Waals surface area contributed by atoms with E-state index < -0.39 is 5.41 Å². The van der Waals surface area contributed by atoms with Crippen LogP contribution in [0.5, 0.6) is 0 Å². The average molecular weight is 382 g/mol. The number of hydrogen-bond acceptors (Lipinski definition) is 3. The SMILES string of the molecule is C[C@@H]1CN(c2ccc(NC(=O)C3(c4ccccc4)CCC3)cc2F)C[C@H](C)O1. The van der Waals surface area contributed by atoms with Gasteiger partial charge in [0.1, 0.15) is 5.82 Å². The Morgan fingerprint density at radius 3 is 2.36 bits per heavy atom. The quantitative estimate of drug-likeness (QED) is 0.847. The molecule has 0 radical (unpaired) electrons. The third-order valence-electron chi connectivity index (χ3n) is 5.93. The minimum absolute atomic E-state index is 0.0503. The Balaban J connectivity index is 1.51. The molecule has 4 rings (SSSR count). The lowest BCUT2D eigenvalue weighted by molar-refractivity contribution is -0.124. The number of anilines is 2. The van der Waals surface area contributed by atoms with Gasteiger partial charge in [-0.3, -0.25) is 4.79 Å². The summed E-state index contributed by atoms with van der Waals surface area (Å²) in [7, 11) is 0. The molecular formula is C23H27FN2O2. The topological polar surface area (TPSA) is 41.6 Å². The zero-order valence-corrected chi connectivity index (χ0v) is 16.5. The molecule has 0 bridgehead atoms. The van der Waals surface area contributed by atoms with Gasteiger partial charge in [0.15, 0.2) is 0 Å². The molecule has 2 aromatic carbocycles. The first-order valence-electron chi connectivity index (χ1n) is 10.0. The van der Waals surface area contributed by atoms with E-state index in [9.17, 15) is 9.18 Å². The number of nitrogens with zero attached hydrogens (tertiary/aromatic N) is 1. The van der Waals surface area contributed by atoms with E-state index in [1.54, 1.807) is 12.1 Å². The fourth-order valence-electron chi connectivity index (χ4n) is 4.40. The number of nitrogens with one attached hydrogen (secondary N) is 1. The van der Waals surface area contributed by atoms with Gasteiger partial charge < -0.3 is 15.0 Å². The van der Waals surface area contributed by atoms with Gasteiger partial charge in [0.05, 0.1) is 23.3 Å². The Morgan fingerprint density at radius 1 is 1.11 bits per heavy atom. The fourth-order valence-corrected chi connectivity index (χ4v) is 4.40. The van der Waals surface area contributed by atoms with Crippen LogP contribution in [0.25, 0.3) is 0 Å². The molecule has 2 atom stereocenters. The number of amides is 1. The Hall–Kier alpha value is -2.40. The molecule has 2 aliphatic rings. The summed E-state index contributed by atoms with van der Waals surface area (Å²) in [5, 5.41) is 2.95. The van der Waals surface area contributed by atoms with Gasteiger partial charge in [-0.15, -0.1) is 0 Å². The monoisotopic (exact) mass is 382 g/mol. The average Bonchev–Trinajstić information content (AvgIpc) is 2.61. The number of benzene rings is 2. The lowest BCUT2D eigenvalue weighted by Gasteiger charge is -2.40. The van der Waals surface area contributed by atoms with Crippen LogP contribution in [0.2, 0.25) is 0 Å². The molecule has 0 unspecified atom stereocenters. The molecule has 1 amide bonds. The lowest BCUT2D eigenvalue weighted by Crippen LogP contribution is -2.46. The van der Waals surface area contributed by atoms with Crippen LogP contribution in [0.15, 0.2) is 48.5 Å². The Bertz CT molecular complexity index is 841. The minimum Gasteiger partial charge on any atom is -0.372 e. The fraction of sp³-hybridized carbons (Fsp3) is 0.435. The van der Waals surface area contributed by atoms with Crippen molar-refractivity contribution < 1.29 is 13.9 Å². The second kappa shape index (κ2) is 7.55. The summed E-state index contributed by atoms with van der Waals surface area (Å²) in [6.07, 6.45) is 2.81. The zero-order chi connectivity index (χ0) is 19.7. The third kappa shape index (κ3) is 3.51. The lowest BCUT2D eigenvalue weighted by atomic mass is 9.64. The van der Waals surface area contributed by atoms with Gasteiger partial charge in [-0.1, -0.05) is 36.8 Å². The van der Waals surface area contributed by atoms with Crippen molar-refractivity contribution in [3.63, 3.8) is 0 Å². The molecule has 5 heteroatoms. The molecule has 148 valence electrons. The van der Waals surface area contributed by atoms with E-state index in [-0.39, 0.29) is 23.9 Å². The van der Waals surface area contributed by atoms with Gasteiger partial charge >= 0.3 is 0 Å². The zero-order valence-electron chi connectivity index (χ0n) is 16.5. The van der Waals surface area contributed by atoms with Gasteiger partial charge in [-0.2, -0.15) is 0 Å². The molecule has 2 fully saturated rings. The third-order valence-corrected chi connectivity index (χ3v) is 5.93. The first-order chi connectivity index (χ1) is 13.5. The van der Waals surface area contributed by atoms with Gasteiger partial charge in [0, 0.05) is 18.8 Å². The second-order valence-electron chi connectivity index (χ2n) is 8.08. The summed E-state index contributed by atoms with van der Waals surface area (Å²) < 4.78 is 20.6. The number of hydrogen-bond donors (Lipinski definition) is 1. The Kier molecular flexibility index (Phi) is 5.11. The van der Waals surface area contributed by atoms with Crippen LogP contribution in [0.4, 0.5) is 15.8 Å². The number of halogens is 1. The normalized spacial score (nSPS) is 23.8. The van der Waals surface area contributed by atoms with Gasteiger partial charge in [-0.25, -0.2) is 4.39 Å². The molecule has 1 N–H and O–H groups in total. The summed E-state index contributed by atoms with van der Waals surface area (Å²) in [5.41, 5.74) is 1.60. The van der Waals surface area contributed by atoms with Crippen LogP contribution in [0.1, 0.15) is 38.7 Å². The van der Waals surface area contributed by atoms with Gasteiger partial charge in [0.25, 0.3) is 0 Å². The number of morpholine rings is 1. The van der Waals surface area contributed by atoms with Crippen molar-refractivity contribution in [3.05, 3.63) is 59.9 Å². The smallest absolute Gasteiger partial charge is 0.235 e. The second-order valence-corrected chi connectivity index (χ2v) is 8.08. The van der Waals surface area contributed by atoms with E-state index in [0.717, 1.165) is 24.8 Å². The highest BCUT2D eigenvalue weighted by atomic mass is 19.1. The van der Waals surface area contributed by atoms with E-state index in [0.29, 0.717) is 24.5 Å². The highest BCUT2D eigenvalue weighted by Crippen LogP contribution is 2.44. The Labute approximate surface area is 165 Å². The van der Waals surface area contributed by atoms with E-state index >= 15 is 0 Å². The maximum Gasteiger partial charge on any atom is 0.235 e. The molecule has 1 aliphatic carbocycles. The van der Waals surface area contributed by atoms with Crippen molar-refractivity contribution in [2.24, 2.45) is 0 Å². The number of ether oxygens (including phenoxy) is 1. The molecule has 28 heavy (non-hydrogen) atoms. The Morgan fingerprint density at radius 2 is 1.79 bits per heavy atom. The minimum atomic E-state index is -0.495. The van der Waals surface area contributed by atoms with E-state index in [1.807, 2.05) is 49.1 Å². The van der Waals surface area contributed by atoms with E-state index in [2.05, 4.69) is 5.32 Å². The molecule has 0 spiro atoms. The molecule has 1 saturated heterocycles. The van der Waals surface area contributed by atoms with Crippen LogP contribution in [0, 0.1) is 5.82 Å². The van der Waals surface area contributed by atoms with Crippen LogP contribution in [-0.2, 0) is 14.9 Å². The summed E-state index contributed by atoms with van der Waals surface area (Å²) in [6.45, 7) is 5.31. The van der Waals surface area contributed by atoms with E-state index in [1.165, 1.54) is 6.07 Å². The largest absolute Gasteiger partial charge is 0.372 e. The first-order valence-corrected chi connectivity index (χ1v) is 10.0. The van der Waals surface area contributed by atoms with E-state index in [4.69, 9.17) is 4.74 Å². The van der Waals surface area contributed by atoms with Crippen LogP contribution >= 0.6 is 0 Å². The van der Waals surface area contributed by atoms with Crippen LogP contribution in [0.3, 0.4) is 0 Å². The van der Waals surface area contributed by atoms with Crippen molar-refractivity contribution in [3.8, 4) is 0 Å². The first kappa shape index (κ1) is 18.9. The molecule has 4 nitrogen and oxygen atoms in total. The maximum atomic E-state index is 14.8. The van der Waals surface area contributed by atoms with Gasteiger partial charge in [0.2, 0.25) is 5.91 Å². The summed E-state index contributed by atoms with van der Waals surface area (Å²) in [5.74, 6) is -0.368. The van der Waals surface area contributed by atoms with Crippen LogP contribution in [-0.4, -0.2) is 31.2 Å². The summed E-state index contributed by atoms with van der Waals surface area (Å²) in [4.78, 5) is 15.1. The molecule has 0 aromatic heterocycles. The number of carbonyl (C=O) groups excluding carboxylic acids is 1. The number of rotatable bonds is 4. The highest BCUT2D eigenvalue weighted by Gasteiger charge is 2.45. The standard InChI is InChI=1S/C23H27FN2O2/c1-16-14-26(15-17(2)28-16)21-10-9-19(13-20(21)24)25-22(27)23(11-6-12-23)18-7-4-3-5-8-18/h3-5,7-10,13,16-17H,6,11-12,14-15H2,1-2H3,(H,25,27)/t16-,17+. The van der Waals surface area contributed by atoms with Gasteiger partial charge in [-0.05, 0) is 50.5 Å². The van der Waals surface area contributed by atoms with Crippen molar-refractivity contribution in [1.82, 2.24) is 0 Å². The summed E-state index contributed by atoms with van der Waals surface area (Å²) in [6, 6.07) is 14.9. The predicted molar refractivity (Wildman–Crippen MR) is 109 cm³/mol. The molecule has 1 aliphatic heterocycles. The molecule has 1 heterocycles. The highest BCUT2D eigenvalue weighted by molar-refractivity contribution is 6.00. The van der Waals surface area contributed by atoms with Crippen molar-refractivity contribution in [2.75, 3.05) is 23.3 Å².